The summed E-state index contributed by atoms with van der Waals surface area (Å²) in [6, 6.07) is 9.19. The number of hydrogen-bond donors (Lipinski definition) is 0. The minimum absolute atomic E-state index is 0.0149. The third-order valence-electron chi connectivity index (χ3n) is 3.23. The molecule has 1 aromatic carbocycles. The highest BCUT2D eigenvalue weighted by Crippen LogP contribution is 2.13. The molecule has 122 valence electrons. The predicted molar refractivity (Wildman–Crippen MR) is 84.5 cm³/mol. The van der Waals surface area contributed by atoms with Crippen molar-refractivity contribution in [2.75, 3.05) is 13.5 Å². The van der Waals surface area contributed by atoms with Crippen LogP contribution in [0.2, 0.25) is 0 Å². The van der Waals surface area contributed by atoms with Gasteiger partial charge in [-0.3, -0.25) is 4.79 Å². The summed E-state index contributed by atoms with van der Waals surface area (Å²) in [7, 11) is 0. The van der Waals surface area contributed by atoms with Gasteiger partial charge in [0.05, 0.1) is 0 Å². The Morgan fingerprint density at radius 3 is 2.65 bits per heavy atom. The van der Waals surface area contributed by atoms with Crippen LogP contribution in [0, 0.1) is 10.1 Å². The molecule has 2 rings (SSSR count). The predicted octanol–water partition coefficient (Wildman–Crippen LogP) is 1.73. The zero-order chi connectivity index (χ0) is 16.8. The molecule has 1 saturated heterocycles. The number of carbonyl (C=O) groups is 1. The Kier molecular flexibility index (Phi) is 5.42. The Morgan fingerprint density at radius 1 is 1.35 bits per heavy atom. The number of hydrogen-bond acceptors (Lipinski definition) is 4. The van der Waals surface area contributed by atoms with Crippen LogP contribution in [0.15, 0.2) is 41.5 Å². The maximum Gasteiger partial charge on any atom is 0.284 e. The standard InChI is InChI=1S/C15H18N4O4/c1-12(2)17-10-23-11-18(15(17)16-19(21)22)14(20)9-8-13-6-4-3-5-7-13/h3-9,12H,10-11H2,1-2H3/b9-8+,16-15+. The van der Waals surface area contributed by atoms with Gasteiger partial charge in [-0.05, 0) is 25.5 Å². The molecule has 0 unspecified atom stereocenters. The first-order valence-corrected chi connectivity index (χ1v) is 7.11. The Morgan fingerprint density at radius 2 is 2.04 bits per heavy atom. The smallest absolute Gasteiger partial charge is 0.284 e. The van der Waals surface area contributed by atoms with Gasteiger partial charge in [-0.2, -0.15) is 0 Å². The zero-order valence-electron chi connectivity index (χ0n) is 13.0. The van der Waals surface area contributed by atoms with Crippen molar-refractivity contribution in [1.29, 1.82) is 0 Å². The van der Waals surface area contributed by atoms with E-state index in [9.17, 15) is 14.9 Å². The molecule has 0 radical (unpaired) electrons. The molecule has 0 aliphatic carbocycles. The summed E-state index contributed by atoms with van der Waals surface area (Å²) >= 11 is 0. The molecule has 0 spiro atoms. The molecule has 0 saturated carbocycles. The fraction of sp³-hybridized carbons (Fsp3) is 0.333. The highest BCUT2D eigenvalue weighted by atomic mass is 16.7. The van der Waals surface area contributed by atoms with Crippen LogP contribution in [0.4, 0.5) is 0 Å². The number of hydrazone groups is 1. The quantitative estimate of drug-likeness (QED) is 0.479. The van der Waals surface area contributed by atoms with E-state index in [1.165, 1.54) is 6.08 Å². The van der Waals surface area contributed by atoms with Gasteiger partial charge in [0.1, 0.15) is 18.6 Å². The summed E-state index contributed by atoms with van der Waals surface area (Å²) in [5.41, 5.74) is 0.854. The van der Waals surface area contributed by atoms with Gasteiger partial charge < -0.3 is 9.64 Å². The number of benzene rings is 1. The Bertz CT molecular complexity index is 628. The lowest BCUT2D eigenvalue weighted by Gasteiger charge is -2.37. The molecule has 1 aliphatic rings. The average molecular weight is 318 g/mol. The summed E-state index contributed by atoms with van der Waals surface area (Å²) in [4.78, 5) is 25.8. The summed E-state index contributed by atoms with van der Waals surface area (Å²) in [6.07, 6.45) is 2.98. The van der Waals surface area contributed by atoms with Gasteiger partial charge in [0.15, 0.2) is 5.03 Å². The molecule has 8 nitrogen and oxygen atoms in total. The molecular formula is C15H18N4O4. The number of amides is 1. The van der Waals surface area contributed by atoms with E-state index in [4.69, 9.17) is 4.74 Å². The number of rotatable bonds is 4. The van der Waals surface area contributed by atoms with E-state index >= 15 is 0 Å². The lowest BCUT2D eigenvalue weighted by molar-refractivity contribution is -0.486. The van der Waals surface area contributed by atoms with Crippen LogP contribution in [-0.4, -0.2) is 46.2 Å². The molecule has 1 amide bonds. The van der Waals surface area contributed by atoms with Crippen molar-refractivity contribution in [3.8, 4) is 0 Å². The van der Waals surface area contributed by atoms with Gasteiger partial charge in [-0.15, -0.1) is 0 Å². The SMILES string of the molecule is CC(C)N1COCN(C(=O)/C=C/c2ccccc2)/C1=N/[N+](=O)[O-]. The van der Waals surface area contributed by atoms with Gasteiger partial charge in [0.25, 0.3) is 11.9 Å². The van der Waals surface area contributed by atoms with E-state index in [0.717, 1.165) is 10.5 Å². The molecule has 0 bridgehead atoms. The lowest BCUT2D eigenvalue weighted by Crippen LogP contribution is -2.55. The molecule has 0 atom stereocenters. The van der Waals surface area contributed by atoms with E-state index in [0.29, 0.717) is 0 Å². The molecule has 8 heteroatoms. The molecular weight excluding hydrogens is 300 g/mol. The van der Waals surface area contributed by atoms with Crippen LogP contribution in [0.5, 0.6) is 0 Å². The summed E-state index contributed by atoms with van der Waals surface area (Å²) in [5, 5.41) is 13.3. The largest absolute Gasteiger partial charge is 0.340 e. The van der Waals surface area contributed by atoms with Crippen molar-refractivity contribution in [2.45, 2.75) is 19.9 Å². The molecule has 23 heavy (non-hydrogen) atoms. The van der Waals surface area contributed by atoms with Crippen molar-refractivity contribution in [2.24, 2.45) is 5.10 Å². The van der Waals surface area contributed by atoms with Crippen LogP contribution >= 0.6 is 0 Å². The first-order valence-electron chi connectivity index (χ1n) is 7.11. The molecule has 1 aliphatic heterocycles. The van der Waals surface area contributed by atoms with Gasteiger partial charge >= 0.3 is 0 Å². The van der Waals surface area contributed by atoms with Crippen molar-refractivity contribution < 1.29 is 14.6 Å². The van der Waals surface area contributed by atoms with Crippen molar-refractivity contribution in [1.82, 2.24) is 9.80 Å². The first-order chi connectivity index (χ1) is 11.0. The minimum atomic E-state index is -0.808. The summed E-state index contributed by atoms with van der Waals surface area (Å²) in [5.74, 6) is -0.446. The number of carbonyl (C=O) groups excluding carboxylic acids is 1. The topological polar surface area (TPSA) is 88.3 Å². The van der Waals surface area contributed by atoms with Crippen molar-refractivity contribution in [3.63, 3.8) is 0 Å². The number of ether oxygens (including phenoxy) is 1. The summed E-state index contributed by atoms with van der Waals surface area (Å²) in [6.45, 7) is 3.75. The Balaban J connectivity index is 2.22. The van der Waals surface area contributed by atoms with Crippen LogP contribution in [0.1, 0.15) is 19.4 Å². The number of nitro groups is 1. The first kappa shape index (κ1) is 16.6. The molecule has 0 aromatic heterocycles. The number of nitrogens with zero attached hydrogens (tertiary/aromatic N) is 4. The molecule has 1 heterocycles. The Hall–Kier alpha value is -2.74. The van der Waals surface area contributed by atoms with Gasteiger partial charge in [-0.25, -0.2) is 15.0 Å². The second kappa shape index (κ2) is 7.50. The van der Waals surface area contributed by atoms with Crippen LogP contribution in [-0.2, 0) is 9.53 Å². The Labute approximate surface area is 133 Å². The van der Waals surface area contributed by atoms with E-state index in [-0.39, 0.29) is 25.5 Å². The lowest BCUT2D eigenvalue weighted by atomic mass is 10.2. The summed E-state index contributed by atoms with van der Waals surface area (Å²) < 4.78 is 5.33. The van der Waals surface area contributed by atoms with Crippen molar-refractivity contribution in [3.05, 3.63) is 52.1 Å². The second-order valence-corrected chi connectivity index (χ2v) is 5.17. The third kappa shape index (κ3) is 4.36. The second-order valence-electron chi connectivity index (χ2n) is 5.17. The highest BCUT2D eigenvalue weighted by Gasteiger charge is 2.32. The fourth-order valence-electron chi connectivity index (χ4n) is 2.05. The van der Waals surface area contributed by atoms with E-state index in [1.54, 1.807) is 11.0 Å². The van der Waals surface area contributed by atoms with Crippen LogP contribution in [0.3, 0.4) is 0 Å². The van der Waals surface area contributed by atoms with E-state index < -0.39 is 10.9 Å². The van der Waals surface area contributed by atoms with Crippen molar-refractivity contribution >= 4 is 17.9 Å². The van der Waals surface area contributed by atoms with Crippen LogP contribution < -0.4 is 0 Å². The van der Waals surface area contributed by atoms with Gasteiger partial charge in [0.2, 0.25) is 0 Å². The van der Waals surface area contributed by atoms with Gasteiger partial charge in [-0.1, -0.05) is 30.3 Å². The fourth-order valence-corrected chi connectivity index (χ4v) is 2.05. The van der Waals surface area contributed by atoms with Crippen LogP contribution in [0.25, 0.3) is 6.08 Å². The molecule has 1 aromatic rings. The van der Waals surface area contributed by atoms with E-state index in [1.807, 2.05) is 44.2 Å². The maximum absolute atomic E-state index is 12.4. The monoisotopic (exact) mass is 318 g/mol. The normalized spacial score (nSPS) is 17.3. The zero-order valence-corrected chi connectivity index (χ0v) is 13.0. The highest BCUT2D eigenvalue weighted by molar-refractivity contribution is 6.04. The molecule has 1 fully saturated rings. The average Bonchev–Trinajstić information content (AvgIpc) is 2.53. The molecule has 0 N–H and O–H groups in total. The number of guanidine groups is 1. The van der Waals surface area contributed by atoms with E-state index in [2.05, 4.69) is 5.10 Å². The minimum Gasteiger partial charge on any atom is -0.340 e. The maximum atomic E-state index is 12.4. The van der Waals surface area contributed by atoms with Gasteiger partial charge in [0, 0.05) is 12.1 Å². The third-order valence-corrected chi connectivity index (χ3v) is 3.23.